The largest absolute Gasteiger partial charge is 0.512 e. The molecule has 0 saturated heterocycles. The van der Waals surface area contributed by atoms with Gasteiger partial charge in [-0.15, -0.1) is 34.9 Å². The Labute approximate surface area is 187 Å². The number of pyridine rings is 1. The van der Waals surface area contributed by atoms with Gasteiger partial charge in [0.25, 0.3) is 0 Å². The fourth-order valence-corrected chi connectivity index (χ4v) is 3.08. The zero-order valence-corrected chi connectivity index (χ0v) is 20.3. The number of fused-ring (bicyclic) bond motifs is 1. The molecule has 0 aliphatic carbocycles. The molecule has 0 atom stereocenters. The molecule has 4 heteroatoms. The average Bonchev–Trinajstić information content (AvgIpc) is 2.62. The second-order valence-corrected chi connectivity index (χ2v) is 7.08. The van der Waals surface area contributed by atoms with Crippen molar-refractivity contribution in [3.05, 3.63) is 76.6 Å². The van der Waals surface area contributed by atoms with Gasteiger partial charge in [-0.2, -0.15) is 0 Å². The van der Waals surface area contributed by atoms with Crippen molar-refractivity contribution in [2.24, 2.45) is 0 Å². The summed E-state index contributed by atoms with van der Waals surface area (Å²) < 4.78 is 0. The molecule has 3 rings (SSSR count). The summed E-state index contributed by atoms with van der Waals surface area (Å²) in [6.45, 7) is 11.5. The van der Waals surface area contributed by atoms with Crippen molar-refractivity contribution in [3.8, 4) is 11.3 Å². The number of allylic oxidation sites excluding steroid dienone is 2. The molecular weight excluding hydrogens is 538 g/mol. The number of benzene rings is 2. The molecule has 0 fully saturated rings. The van der Waals surface area contributed by atoms with Gasteiger partial charge < -0.3 is 5.11 Å². The Hall–Kier alpha value is -2.29. The summed E-state index contributed by atoms with van der Waals surface area (Å²) in [7, 11) is 0. The van der Waals surface area contributed by atoms with Crippen LogP contribution in [0.15, 0.2) is 48.2 Å². The third-order valence-corrected chi connectivity index (χ3v) is 4.72. The Morgan fingerprint density at radius 1 is 1.10 bits per heavy atom. The van der Waals surface area contributed by atoms with Gasteiger partial charge in [-0.25, -0.2) is 0 Å². The van der Waals surface area contributed by atoms with Gasteiger partial charge in [0.2, 0.25) is 0 Å². The first-order valence-corrected chi connectivity index (χ1v) is 9.49. The van der Waals surface area contributed by atoms with E-state index >= 15 is 0 Å². The van der Waals surface area contributed by atoms with E-state index in [1.54, 1.807) is 0 Å². The molecule has 0 aliphatic rings. The summed E-state index contributed by atoms with van der Waals surface area (Å²) in [6.07, 6.45) is 2.23. The maximum atomic E-state index is 10.0. The van der Waals surface area contributed by atoms with Crippen LogP contribution in [-0.4, -0.2) is 15.9 Å². The van der Waals surface area contributed by atoms with Crippen LogP contribution in [0.1, 0.15) is 43.0 Å². The number of carbonyl (C=O) groups excluding carboxylic acids is 1. The molecular formula is C25H28IrNO2-. The number of aliphatic hydroxyl groups excluding tert-OH is 1. The number of carbonyl (C=O) groups is 1. The molecule has 0 spiro atoms. The van der Waals surface area contributed by atoms with Crippen LogP contribution in [0.25, 0.3) is 22.2 Å². The van der Waals surface area contributed by atoms with Crippen LogP contribution < -0.4 is 0 Å². The molecule has 2 aromatic carbocycles. The molecule has 1 aromatic heterocycles. The zero-order chi connectivity index (χ0) is 20.8. The molecule has 0 aliphatic heterocycles. The molecule has 1 N–H and O–H groups in total. The number of ketones is 1. The Bertz CT molecular complexity index is 1030. The number of aliphatic hydroxyl groups is 1. The van der Waals surface area contributed by atoms with Crippen molar-refractivity contribution in [2.75, 3.05) is 0 Å². The minimum Gasteiger partial charge on any atom is -0.512 e. The van der Waals surface area contributed by atoms with Crippen molar-refractivity contribution in [1.82, 2.24) is 4.98 Å². The molecule has 29 heavy (non-hydrogen) atoms. The van der Waals surface area contributed by atoms with Gasteiger partial charge in [0.05, 0.1) is 11.3 Å². The molecule has 3 nitrogen and oxygen atoms in total. The van der Waals surface area contributed by atoms with Crippen molar-refractivity contribution in [3.63, 3.8) is 0 Å². The van der Waals surface area contributed by atoms with E-state index in [0.717, 1.165) is 23.2 Å². The van der Waals surface area contributed by atoms with Gasteiger partial charge in [0.15, 0.2) is 5.78 Å². The summed E-state index contributed by atoms with van der Waals surface area (Å²) >= 11 is 0. The maximum absolute atomic E-state index is 10.0. The normalized spacial score (nSPS) is 10.8. The van der Waals surface area contributed by atoms with Crippen LogP contribution in [-0.2, 0) is 31.3 Å². The van der Waals surface area contributed by atoms with Crippen LogP contribution in [0.3, 0.4) is 0 Å². The molecule has 3 aromatic rings. The number of hydrogen-bond donors (Lipinski definition) is 1. The summed E-state index contributed by atoms with van der Waals surface area (Å²) in [5, 5.41) is 9.58. The Morgan fingerprint density at radius 2 is 1.79 bits per heavy atom. The van der Waals surface area contributed by atoms with E-state index in [2.05, 4.69) is 64.1 Å². The standard InChI is InChI=1S/C20H20N.C5H8O2.Ir/c1-5-16-12-17-9-10-19(21-20(17)11-14(16)3)18-8-6-7-13(2)15(18)4;1-4(6)3-5(2)7;/h6-7,9-12H,5H2,1-4H3;3,6H,1-2H3;/q-1;;/b;4-3-;. The first-order chi connectivity index (χ1) is 13.2. The predicted octanol–water partition coefficient (Wildman–Crippen LogP) is 6.22. The second kappa shape index (κ2) is 11.0. The van der Waals surface area contributed by atoms with E-state index in [0.29, 0.717) is 0 Å². The quantitative estimate of drug-likeness (QED) is 0.233. The van der Waals surface area contributed by atoms with E-state index in [9.17, 15) is 4.79 Å². The molecule has 0 saturated carbocycles. The number of hydrogen-bond acceptors (Lipinski definition) is 3. The molecule has 1 heterocycles. The topological polar surface area (TPSA) is 50.2 Å². The third-order valence-electron chi connectivity index (χ3n) is 4.72. The van der Waals surface area contributed by atoms with Crippen LogP contribution in [0.5, 0.6) is 0 Å². The number of rotatable bonds is 3. The van der Waals surface area contributed by atoms with Gasteiger partial charge in [-0.05, 0) is 61.5 Å². The summed E-state index contributed by atoms with van der Waals surface area (Å²) in [6, 6.07) is 16.1. The Kier molecular flexibility index (Phi) is 9.42. The number of aromatic nitrogens is 1. The SMILES string of the molecule is CC(=O)/C=C(/C)O.CCc1cc2ccc(-c3[c-]ccc(C)c3C)nc2cc1C.[Ir]. The van der Waals surface area contributed by atoms with Crippen molar-refractivity contribution >= 4 is 16.7 Å². The van der Waals surface area contributed by atoms with Gasteiger partial charge >= 0.3 is 0 Å². The van der Waals surface area contributed by atoms with Crippen LogP contribution in [0.2, 0.25) is 0 Å². The molecule has 0 bridgehead atoms. The van der Waals surface area contributed by atoms with Crippen LogP contribution >= 0.6 is 0 Å². The molecule has 0 unspecified atom stereocenters. The van der Waals surface area contributed by atoms with E-state index in [1.165, 1.54) is 47.6 Å². The van der Waals surface area contributed by atoms with E-state index in [-0.39, 0.29) is 31.6 Å². The van der Waals surface area contributed by atoms with Crippen molar-refractivity contribution < 1.29 is 30.0 Å². The molecule has 1 radical (unpaired) electrons. The summed E-state index contributed by atoms with van der Waals surface area (Å²) in [4.78, 5) is 14.9. The first kappa shape index (κ1) is 24.7. The Balaban J connectivity index is 0.000000456. The van der Waals surface area contributed by atoms with Crippen molar-refractivity contribution in [2.45, 2.75) is 48.0 Å². The zero-order valence-electron chi connectivity index (χ0n) is 17.9. The third kappa shape index (κ3) is 6.62. The second-order valence-electron chi connectivity index (χ2n) is 7.08. The average molecular weight is 567 g/mol. The van der Waals surface area contributed by atoms with E-state index < -0.39 is 0 Å². The smallest absolute Gasteiger partial charge is 0.155 e. The minimum absolute atomic E-state index is 0. The van der Waals surface area contributed by atoms with E-state index in [1.807, 2.05) is 6.07 Å². The van der Waals surface area contributed by atoms with Gasteiger partial charge in [0.1, 0.15) is 0 Å². The monoisotopic (exact) mass is 567 g/mol. The summed E-state index contributed by atoms with van der Waals surface area (Å²) in [5.74, 6) is -0.0625. The van der Waals surface area contributed by atoms with Gasteiger partial charge in [-0.1, -0.05) is 32.9 Å². The van der Waals surface area contributed by atoms with Crippen LogP contribution in [0.4, 0.5) is 0 Å². The fourth-order valence-electron chi connectivity index (χ4n) is 3.08. The molecule has 155 valence electrons. The van der Waals surface area contributed by atoms with Gasteiger partial charge in [0, 0.05) is 26.2 Å². The Morgan fingerprint density at radius 3 is 2.34 bits per heavy atom. The number of aryl methyl sites for hydroxylation is 3. The minimum atomic E-state index is -0.125. The fraction of sp³-hybridized carbons (Fsp3) is 0.280. The summed E-state index contributed by atoms with van der Waals surface area (Å²) in [5.41, 5.74) is 8.43. The number of nitrogens with zero attached hydrogens (tertiary/aromatic N) is 1. The maximum Gasteiger partial charge on any atom is 0.155 e. The van der Waals surface area contributed by atoms with Gasteiger partial charge in [-0.3, -0.25) is 9.78 Å². The molecule has 0 amide bonds. The van der Waals surface area contributed by atoms with E-state index in [4.69, 9.17) is 10.1 Å². The van der Waals surface area contributed by atoms with Crippen molar-refractivity contribution in [1.29, 1.82) is 0 Å². The van der Waals surface area contributed by atoms with Crippen LogP contribution in [0, 0.1) is 26.8 Å². The first-order valence-electron chi connectivity index (χ1n) is 9.49. The predicted molar refractivity (Wildman–Crippen MR) is 117 cm³/mol.